The lowest BCUT2D eigenvalue weighted by Crippen LogP contribution is -2.43. The molecule has 0 aromatic heterocycles. The van der Waals surface area contributed by atoms with Crippen LogP contribution in [0.2, 0.25) is 0 Å². The molecule has 0 aromatic rings. The molecule has 0 saturated carbocycles. The van der Waals surface area contributed by atoms with Crippen LogP contribution in [0.4, 0.5) is 0 Å². The normalized spacial score (nSPS) is 34.4. The van der Waals surface area contributed by atoms with Crippen LogP contribution in [-0.2, 0) is 4.74 Å². The highest BCUT2D eigenvalue weighted by molar-refractivity contribution is 4.93. The lowest BCUT2D eigenvalue weighted by molar-refractivity contribution is 0.0377. The second-order valence-electron chi connectivity index (χ2n) is 4.43. The largest absolute Gasteiger partial charge is 0.378 e. The Morgan fingerprint density at radius 1 is 1.54 bits per heavy atom. The second kappa shape index (κ2) is 4.43. The molecule has 2 heteroatoms. The zero-order chi connectivity index (χ0) is 9.90. The number of hydrogen-bond acceptors (Lipinski definition) is 2. The van der Waals surface area contributed by atoms with E-state index in [1.165, 1.54) is 6.42 Å². The number of nitrogens with one attached hydrogen (secondary N) is 1. The van der Waals surface area contributed by atoms with Crippen molar-refractivity contribution in [2.24, 2.45) is 11.3 Å². The fraction of sp³-hybridized carbons (Fsp3) is 1.00. The summed E-state index contributed by atoms with van der Waals surface area (Å²) in [4.78, 5) is 0. The summed E-state index contributed by atoms with van der Waals surface area (Å²) in [5, 5.41) is 3.46. The first-order valence-electron chi connectivity index (χ1n) is 5.46. The SMILES string of the molecule is CCNCC1(C(C)C)CCOC1C. The molecule has 0 radical (unpaired) electrons. The predicted octanol–water partition coefficient (Wildman–Crippen LogP) is 2.05. The van der Waals surface area contributed by atoms with Gasteiger partial charge in [-0.2, -0.15) is 0 Å². The molecule has 1 N–H and O–H groups in total. The van der Waals surface area contributed by atoms with Gasteiger partial charge in [0.25, 0.3) is 0 Å². The molecule has 1 aliphatic heterocycles. The Bertz CT molecular complexity index is 158. The van der Waals surface area contributed by atoms with Crippen molar-refractivity contribution >= 4 is 0 Å². The van der Waals surface area contributed by atoms with Gasteiger partial charge in [0, 0.05) is 18.6 Å². The quantitative estimate of drug-likeness (QED) is 0.723. The second-order valence-corrected chi connectivity index (χ2v) is 4.43. The highest BCUT2D eigenvalue weighted by Gasteiger charge is 2.43. The minimum absolute atomic E-state index is 0.371. The standard InChI is InChI=1S/C11H23NO/c1-5-12-8-11(9(2)3)6-7-13-10(11)4/h9-10,12H,5-8H2,1-4H3. The maximum atomic E-state index is 5.69. The van der Waals surface area contributed by atoms with Gasteiger partial charge in [-0.15, -0.1) is 0 Å². The number of ether oxygens (including phenoxy) is 1. The third kappa shape index (κ3) is 2.05. The lowest BCUT2D eigenvalue weighted by atomic mass is 9.72. The van der Waals surface area contributed by atoms with E-state index >= 15 is 0 Å². The lowest BCUT2D eigenvalue weighted by Gasteiger charge is -2.36. The first kappa shape index (κ1) is 11.0. The summed E-state index contributed by atoms with van der Waals surface area (Å²) in [5.41, 5.74) is 0.371. The van der Waals surface area contributed by atoms with Gasteiger partial charge in [-0.05, 0) is 25.8 Å². The summed E-state index contributed by atoms with van der Waals surface area (Å²) in [5.74, 6) is 0.698. The molecule has 0 bridgehead atoms. The summed E-state index contributed by atoms with van der Waals surface area (Å²) in [6.45, 7) is 12.1. The molecular weight excluding hydrogens is 162 g/mol. The summed E-state index contributed by atoms with van der Waals surface area (Å²) in [6, 6.07) is 0. The van der Waals surface area contributed by atoms with E-state index in [-0.39, 0.29) is 0 Å². The fourth-order valence-electron chi connectivity index (χ4n) is 2.35. The fourth-order valence-corrected chi connectivity index (χ4v) is 2.35. The molecule has 13 heavy (non-hydrogen) atoms. The molecule has 0 spiro atoms. The van der Waals surface area contributed by atoms with Crippen molar-refractivity contribution in [3.05, 3.63) is 0 Å². The van der Waals surface area contributed by atoms with Crippen molar-refractivity contribution in [3.63, 3.8) is 0 Å². The summed E-state index contributed by atoms with van der Waals surface area (Å²) < 4.78 is 5.69. The van der Waals surface area contributed by atoms with Crippen LogP contribution >= 0.6 is 0 Å². The molecule has 0 aromatic carbocycles. The third-order valence-corrected chi connectivity index (χ3v) is 3.60. The van der Waals surface area contributed by atoms with E-state index < -0.39 is 0 Å². The van der Waals surface area contributed by atoms with E-state index in [4.69, 9.17) is 4.74 Å². The average molecular weight is 185 g/mol. The molecule has 0 aliphatic carbocycles. The maximum Gasteiger partial charge on any atom is 0.0618 e. The molecule has 1 rings (SSSR count). The Morgan fingerprint density at radius 2 is 2.23 bits per heavy atom. The smallest absolute Gasteiger partial charge is 0.0618 e. The van der Waals surface area contributed by atoms with Gasteiger partial charge >= 0.3 is 0 Å². The summed E-state index contributed by atoms with van der Waals surface area (Å²) in [7, 11) is 0. The maximum absolute atomic E-state index is 5.69. The van der Waals surface area contributed by atoms with Gasteiger partial charge in [-0.1, -0.05) is 20.8 Å². The van der Waals surface area contributed by atoms with E-state index in [9.17, 15) is 0 Å². The van der Waals surface area contributed by atoms with E-state index in [1.807, 2.05) is 0 Å². The molecule has 2 atom stereocenters. The number of hydrogen-bond donors (Lipinski definition) is 1. The van der Waals surface area contributed by atoms with E-state index in [0.29, 0.717) is 17.4 Å². The van der Waals surface area contributed by atoms with Gasteiger partial charge in [0.1, 0.15) is 0 Å². The number of rotatable bonds is 4. The van der Waals surface area contributed by atoms with E-state index in [1.54, 1.807) is 0 Å². The Hall–Kier alpha value is -0.0800. The van der Waals surface area contributed by atoms with Gasteiger partial charge in [-0.3, -0.25) is 0 Å². The zero-order valence-corrected chi connectivity index (χ0v) is 9.39. The molecule has 1 fully saturated rings. The first-order valence-corrected chi connectivity index (χ1v) is 5.46. The molecule has 1 saturated heterocycles. The Labute approximate surface area is 82.0 Å². The van der Waals surface area contributed by atoms with Crippen LogP contribution in [0.3, 0.4) is 0 Å². The van der Waals surface area contributed by atoms with Crippen LogP contribution in [0, 0.1) is 11.3 Å². The molecule has 0 amide bonds. The van der Waals surface area contributed by atoms with Gasteiger partial charge in [-0.25, -0.2) is 0 Å². The monoisotopic (exact) mass is 185 g/mol. The minimum atomic E-state index is 0.371. The Morgan fingerprint density at radius 3 is 2.62 bits per heavy atom. The van der Waals surface area contributed by atoms with Crippen molar-refractivity contribution in [2.75, 3.05) is 19.7 Å². The highest BCUT2D eigenvalue weighted by Crippen LogP contribution is 2.40. The molecule has 1 heterocycles. The van der Waals surface area contributed by atoms with Crippen LogP contribution in [0.25, 0.3) is 0 Å². The van der Waals surface area contributed by atoms with Crippen molar-refractivity contribution in [3.8, 4) is 0 Å². The summed E-state index contributed by atoms with van der Waals surface area (Å²) in [6.07, 6.45) is 1.62. The molecule has 78 valence electrons. The molecule has 2 nitrogen and oxygen atoms in total. The van der Waals surface area contributed by atoms with Crippen LogP contribution in [-0.4, -0.2) is 25.8 Å². The predicted molar refractivity (Wildman–Crippen MR) is 55.8 cm³/mol. The van der Waals surface area contributed by atoms with Crippen LogP contribution in [0.5, 0.6) is 0 Å². The van der Waals surface area contributed by atoms with E-state index in [0.717, 1.165) is 19.7 Å². The molecule has 1 aliphatic rings. The molecular formula is C11H23NO. The van der Waals surface area contributed by atoms with Crippen LogP contribution < -0.4 is 5.32 Å². The Kier molecular flexibility index (Phi) is 3.74. The zero-order valence-electron chi connectivity index (χ0n) is 9.39. The van der Waals surface area contributed by atoms with Crippen molar-refractivity contribution in [1.29, 1.82) is 0 Å². The van der Waals surface area contributed by atoms with Gasteiger partial charge in [0.15, 0.2) is 0 Å². The van der Waals surface area contributed by atoms with Crippen LogP contribution in [0.15, 0.2) is 0 Å². The first-order chi connectivity index (χ1) is 6.13. The topological polar surface area (TPSA) is 21.3 Å². The third-order valence-electron chi connectivity index (χ3n) is 3.60. The highest BCUT2D eigenvalue weighted by atomic mass is 16.5. The Balaban J connectivity index is 2.63. The summed E-state index contributed by atoms with van der Waals surface area (Å²) >= 11 is 0. The van der Waals surface area contributed by atoms with Crippen molar-refractivity contribution in [2.45, 2.75) is 40.2 Å². The van der Waals surface area contributed by atoms with E-state index in [2.05, 4.69) is 33.0 Å². The van der Waals surface area contributed by atoms with Crippen molar-refractivity contribution in [1.82, 2.24) is 5.32 Å². The van der Waals surface area contributed by atoms with Crippen molar-refractivity contribution < 1.29 is 4.74 Å². The van der Waals surface area contributed by atoms with Gasteiger partial charge in [0.05, 0.1) is 6.10 Å². The average Bonchev–Trinajstić information content (AvgIpc) is 2.45. The van der Waals surface area contributed by atoms with Crippen LogP contribution in [0.1, 0.15) is 34.1 Å². The van der Waals surface area contributed by atoms with Gasteiger partial charge in [0.2, 0.25) is 0 Å². The van der Waals surface area contributed by atoms with Gasteiger partial charge < -0.3 is 10.1 Å². The molecule has 2 unspecified atom stereocenters. The minimum Gasteiger partial charge on any atom is -0.378 e.